The van der Waals surface area contributed by atoms with Crippen LogP contribution in [0.15, 0.2) is 30.3 Å². The van der Waals surface area contributed by atoms with Gasteiger partial charge < -0.3 is 4.90 Å². The van der Waals surface area contributed by atoms with Crippen LogP contribution in [0.5, 0.6) is 0 Å². The molecule has 3 nitrogen and oxygen atoms in total. The zero-order valence-electron chi connectivity index (χ0n) is 11.5. The number of hydrogen-bond acceptors (Lipinski definition) is 2. The number of carbonyl (C=O) groups is 1. The van der Waals surface area contributed by atoms with Crippen molar-refractivity contribution in [2.24, 2.45) is 0 Å². The fourth-order valence-electron chi connectivity index (χ4n) is 2.72. The third-order valence-corrected chi connectivity index (χ3v) is 3.75. The van der Waals surface area contributed by atoms with Crippen molar-refractivity contribution in [3.8, 4) is 0 Å². The third kappa shape index (κ3) is 2.91. The molecule has 0 aliphatic carbocycles. The highest BCUT2D eigenvalue weighted by Gasteiger charge is 2.30. The highest BCUT2D eigenvalue weighted by Crippen LogP contribution is 2.18. The van der Waals surface area contributed by atoms with E-state index in [4.69, 9.17) is 0 Å². The highest BCUT2D eigenvalue weighted by molar-refractivity contribution is 5.73. The van der Waals surface area contributed by atoms with E-state index in [9.17, 15) is 4.79 Å². The van der Waals surface area contributed by atoms with Gasteiger partial charge in [0.05, 0.1) is 0 Å². The van der Waals surface area contributed by atoms with Gasteiger partial charge in [-0.15, -0.1) is 0 Å². The van der Waals surface area contributed by atoms with Crippen LogP contribution in [0.2, 0.25) is 0 Å². The van der Waals surface area contributed by atoms with Gasteiger partial charge in [-0.05, 0) is 19.4 Å². The lowest BCUT2D eigenvalue weighted by molar-refractivity contribution is -0.133. The van der Waals surface area contributed by atoms with Gasteiger partial charge in [0.25, 0.3) is 0 Å². The number of benzene rings is 1. The molecular formula is C15H22N2O. The van der Waals surface area contributed by atoms with Crippen LogP contribution in [-0.2, 0) is 11.3 Å². The molecule has 1 aliphatic heterocycles. The molecule has 1 heterocycles. The second kappa shape index (κ2) is 5.53. The zero-order valence-corrected chi connectivity index (χ0v) is 11.5. The molecule has 0 radical (unpaired) electrons. The molecular weight excluding hydrogens is 224 g/mol. The maximum absolute atomic E-state index is 11.5. The Labute approximate surface area is 109 Å². The Hall–Kier alpha value is -1.35. The van der Waals surface area contributed by atoms with Crippen molar-refractivity contribution >= 4 is 5.91 Å². The number of amides is 1. The van der Waals surface area contributed by atoms with Crippen molar-refractivity contribution in [2.45, 2.75) is 39.4 Å². The summed E-state index contributed by atoms with van der Waals surface area (Å²) in [7, 11) is 0. The summed E-state index contributed by atoms with van der Waals surface area (Å²) in [5.74, 6) is 0.188. The molecule has 98 valence electrons. The van der Waals surface area contributed by atoms with Gasteiger partial charge in [-0.2, -0.15) is 0 Å². The van der Waals surface area contributed by atoms with Gasteiger partial charge in [-0.1, -0.05) is 30.3 Å². The van der Waals surface area contributed by atoms with Crippen LogP contribution in [-0.4, -0.2) is 40.9 Å². The van der Waals surface area contributed by atoms with E-state index >= 15 is 0 Å². The van der Waals surface area contributed by atoms with Crippen molar-refractivity contribution in [2.75, 3.05) is 13.1 Å². The first-order chi connectivity index (χ1) is 8.58. The lowest BCUT2D eigenvalue weighted by Gasteiger charge is -2.44. The van der Waals surface area contributed by atoms with Crippen LogP contribution in [0.1, 0.15) is 26.3 Å². The van der Waals surface area contributed by atoms with Crippen LogP contribution >= 0.6 is 0 Å². The minimum absolute atomic E-state index is 0.188. The molecule has 1 aromatic rings. The predicted octanol–water partition coefficient (Wildman–Crippen LogP) is 2.13. The SMILES string of the molecule is CC(=O)N1CC(C)N(Cc2ccccc2)C(C)C1. The van der Waals surface area contributed by atoms with E-state index < -0.39 is 0 Å². The summed E-state index contributed by atoms with van der Waals surface area (Å²) in [6.45, 7) is 8.71. The lowest BCUT2D eigenvalue weighted by Crippen LogP contribution is -2.57. The zero-order chi connectivity index (χ0) is 13.1. The van der Waals surface area contributed by atoms with E-state index in [-0.39, 0.29) is 5.91 Å². The van der Waals surface area contributed by atoms with Gasteiger partial charge in [0, 0.05) is 38.6 Å². The second-order valence-corrected chi connectivity index (χ2v) is 5.28. The average Bonchev–Trinajstić information content (AvgIpc) is 2.34. The number of hydrogen-bond donors (Lipinski definition) is 0. The highest BCUT2D eigenvalue weighted by atomic mass is 16.2. The van der Waals surface area contributed by atoms with Gasteiger partial charge in [-0.3, -0.25) is 9.69 Å². The van der Waals surface area contributed by atoms with Crippen molar-refractivity contribution in [3.63, 3.8) is 0 Å². The first-order valence-electron chi connectivity index (χ1n) is 6.63. The summed E-state index contributed by atoms with van der Waals surface area (Å²) in [4.78, 5) is 15.9. The topological polar surface area (TPSA) is 23.6 Å². The molecule has 0 aromatic heterocycles. The van der Waals surface area contributed by atoms with Crippen molar-refractivity contribution in [1.29, 1.82) is 0 Å². The van der Waals surface area contributed by atoms with Gasteiger partial charge in [0.2, 0.25) is 5.91 Å². The molecule has 18 heavy (non-hydrogen) atoms. The van der Waals surface area contributed by atoms with Crippen LogP contribution in [0.4, 0.5) is 0 Å². The molecule has 2 unspecified atom stereocenters. The van der Waals surface area contributed by atoms with E-state index in [0.717, 1.165) is 19.6 Å². The maximum Gasteiger partial charge on any atom is 0.219 e. The summed E-state index contributed by atoms with van der Waals surface area (Å²) < 4.78 is 0. The smallest absolute Gasteiger partial charge is 0.219 e. The Morgan fingerprint density at radius 2 is 1.72 bits per heavy atom. The molecule has 1 aliphatic rings. The molecule has 1 saturated heterocycles. The number of piperazine rings is 1. The fourth-order valence-corrected chi connectivity index (χ4v) is 2.72. The molecule has 1 aromatic carbocycles. The lowest BCUT2D eigenvalue weighted by atomic mass is 10.1. The summed E-state index contributed by atoms with van der Waals surface area (Å²) in [6.07, 6.45) is 0. The third-order valence-electron chi connectivity index (χ3n) is 3.75. The molecule has 0 bridgehead atoms. The van der Waals surface area contributed by atoms with Gasteiger partial charge in [0.15, 0.2) is 0 Å². The Morgan fingerprint density at radius 1 is 1.17 bits per heavy atom. The predicted molar refractivity (Wildman–Crippen MR) is 73.2 cm³/mol. The number of carbonyl (C=O) groups excluding carboxylic acids is 1. The standard InChI is InChI=1S/C15H22N2O/c1-12-9-16(14(3)18)10-13(2)17(12)11-15-7-5-4-6-8-15/h4-8,12-13H,9-11H2,1-3H3. The van der Waals surface area contributed by atoms with Gasteiger partial charge >= 0.3 is 0 Å². The number of rotatable bonds is 2. The van der Waals surface area contributed by atoms with E-state index in [2.05, 4.69) is 43.0 Å². The van der Waals surface area contributed by atoms with E-state index in [1.54, 1.807) is 6.92 Å². The first-order valence-corrected chi connectivity index (χ1v) is 6.63. The largest absolute Gasteiger partial charge is 0.340 e. The number of nitrogens with zero attached hydrogens (tertiary/aromatic N) is 2. The summed E-state index contributed by atoms with van der Waals surface area (Å²) >= 11 is 0. The Bertz CT molecular complexity index is 392. The van der Waals surface area contributed by atoms with E-state index in [0.29, 0.717) is 12.1 Å². The maximum atomic E-state index is 11.5. The first kappa shape index (κ1) is 13.1. The molecule has 3 heteroatoms. The van der Waals surface area contributed by atoms with Crippen LogP contribution in [0.3, 0.4) is 0 Å². The average molecular weight is 246 g/mol. The van der Waals surface area contributed by atoms with Crippen molar-refractivity contribution < 1.29 is 4.79 Å². The summed E-state index contributed by atoms with van der Waals surface area (Å²) in [6, 6.07) is 11.4. The normalized spacial score (nSPS) is 25.2. The molecule has 2 rings (SSSR count). The van der Waals surface area contributed by atoms with Gasteiger partial charge in [0.1, 0.15) is 0 Å². The second-order valence-electron chi connectivity index (χ2n) is 5.28. The summed E-state index contributed by atoms with van der Waals surface area (Å²) in [5, 5.41) is 0. The fraction of sp³-hybridized carbons (Fsp3) is 0.533. The van der Waals surface area contributed by atoms with Crippen LogP contribution in [0, 0.1) is 0 Å². The molecule has 0 saturated carbocycles. The Kier molecular flexibility index (Phi) is 4.02. The molecule has 1 amide bonds. The van der Waals surface area contributed by atoms with Crippen molar-refractivity contribution in [1.82, 2.24) is 9.80 Å². The van der Waals surface area contributed by atoms with Crippen molar-refractivity contribution in [3.05, 3.63) is 35.9 Å². The monoisotopic (exact) mass is 246 g/mol. The minimum atomic E-state index is 0.188. The Morgan fingerprint density at radius 3 is 2.22 bits per heavy atom. The molecule has 0 N–H and O–H groups in total. The molecule has 2 atom stereocenters. The quantitative estimate of drug-likeness (QED) is 0.798. The minimum Gasteiger partial charge on any atom is -0.340 e. The van der Waals surface area contributed by atoms with Crippen LogP contribution < -0.4 is 0 Å². The Balaban J connectivity index is 2.04. The summed E-state index contributed by atoms with van der Waals surface area (Å²) in [5.41, 5.74) is 1.34. The molecule has 1 fully saturated rings. The van der Waals surface area contributed by atoms with Crippen LogP contribution in [0.25, 0.3) is 0 Å². The van der Waals surface area contributed by atoms with E-state index in [1.807, 2.05) is 11.0 Å². The van der Waals surface area contributed by atoms with Gasteiger partial charge in [-0.25, -0.2) is 0 Å². The molecule has 0 spiro atoms. The van der Waals surface area contributed by atoms with E-state index in [1.165, 1.54) is 5.56 Å².